The maximum Gasteiger partial charge on any atom is 0.207 e. The maximum atomic E-state index is 11.5. The van der Waals surface area contributed by atoms with Crippen LogP contribution in [-0.4, -0.2) is 28.7 Å². The molecule has 5 nitrogen and oxygen atoms in total. The van der Waals surface area contributed by atoms with Crippen LogP contribution in [0.3, 0.4) is 0 Å². The van der Waals surface area contributed by atoms with E-state index in [1.165, 1.54) is 0 Å². The molecule has 1 heterocycles. The van der Waals surface area contributed by atoms with E-state index in [1.807, 2.05) is 6.92 Å². The van der Waals surface area contributed by atoms with Gasteiger partial charge in [0.05, 0.1) is 6.20 Å². The minimum absolute atomic E-state index is 0.104. The largest absolute Gasteiger partial charge is 0.359 e. The van der Waals surface area contributed by atoms with Crippen LogP contribution in [-0.2, 0) is 11.2 Å². The van der Waals surface area contributed by atoms with Gasteiger partial charge in [-0.3, -0.25) is 9.59 Å². The first-order valence-electron chi connectivity index (χ1n) is 5.52. The SMILES string of the molecule is CCCC(=O)c1cnc(CCCNC=O)[nH]1. The van der Waals surface area contributed by atoms with Gasteiger partial charge in [-0.2, -0.15) is 0 Å². The van der Waals surface area contributed by atoms with Gasteiger partial charge < -0.3 is 10.3 Å². The molecule has 0 aromatic carbocycles. The van der Waals surface area contributed by atoms with Gasteiger partial charge in [0, 0.05) is 19.4 Å². The average molecular weight is 223 g/mol. The van der Waals surface area contributed by atoms with Gasteiger partial charge in [-0.1, -0.05) is 6.92 Å². The number of amides is 1. The van der Waals surface area contributed by atoms with Crippen LogP contribution >= 0.6 is 0 Å². The predicted molar refractivity (Wildman–Crippen MR) is 60.2 cm³/mol. The summed E-state index contributed by atoms with van der Waals surface area (Å²) in [5, 5.41) is 2.58. The zero-order valence-electron chi connectivity index (χ0n) is 9.45. The van der Waals surface area contributed by atoms with Gasteiger partial charge in [0.25, 0.3) is 0 Å². The number of H-pyrrole nitrogens is 1. The van der Waals surface area contributed by atoms with Crippen molar-refractivity contribution in [1.82, 2.24) is 15.3 Å². The Hall–Kier alpha value is -1.65. The molecule has 2 N–H and O–H groups in total. The van der Waals surface area contributed by atoms with Crippen LogP contribution < -0.4 is 5.32 Å². The molecule has 0 bridgehead atoms. The summed E-state index contributed by atoms with van der Waals surface area (Å²) >= 11 is 0. The van der Waals surface area contributed by atoms with Crippen molar-refractivity contribution in [2.75, 3.05) is 6.54 Å². The Morgan fingerprint density at radius 1 is 1.62 bits per heavy atom. The quantitative estimate of drug-likeness (QED) is 0.393. The molecule has 0 aliphatic carbocycles. The zero-order valence-corrected chi connectivity index (χ0v) is 9.45. The van der Waals surface area contributed by atoms with E-state index in [0.717, 1.165) is 25.1 Å². The number of aromatic amines is 1. The molecule has 88 valence electrons. The number of hydrogen-bond acceptors (Lipinski definition) is 3. The fourth-order valence-electron chi connectivity index (χ4n) is 1.41. The third kappa shape index (κ3) is 3.84. The molecule has 1 aromatic rings. The molecular weight excluding hydrogens is 206 g/mol. The number of carbonyl (C=O) groups excluding carboxylic acids is 2. The number of Topliss-reactive ketones (excluding diaryl/α,β-unsaturated/α-hetero) is 1. The van der Waals surface area contributed by atoms with E-state index in [1.54, 1.807) is 6.20 Å². The molecule has 0 unspecified atom stereocenters. The summed E-state index contributed by atoms with van der Waals surface area (Å²) in [6.07, 6.45) is 5.21. The summed E-state index contributed by atoms with van der Waals surface area (Å²) in [5.41, 5.74) is 0.584. The predicted octanol–water partition coefficient (Wildman–Crippen LogP) is 1.07. The second kappa shape index (κ2) is 6.76. The third-order valence-electron chi connectivity index (χ3n) is 2.22. The molecule has 1 rings (SSSR count). The standard InChI is InChI=1S/C11H17N3O2/c1-2-4-10(16)9-7-13-11(14-9)5-3-6-12-8-15/h7-8H,2-6H2,1H3,(H,12,15)(H,13,14). The van der Waals surface area contributed by atoms with E-state index in [4.69, 9.17) is 0 Å². The minimum Gasteiger partial charge on any atom is -0.359 e. The summed E-state index contributed by atoms with van der Waals surface area (Å²) in [6.45, 7) is 2.60. The van der Waals surface area contributed by atoms with E-state index >= 15 is 0 Å². The molecule has 5 heteroatoms. The van der Waals surface area contributed by atoms with E-state index in [9.17, 15) is 9.59 Å². The fourth-order valence-corrected chi connectivity index (χ4v) is 1.41. The van der Waals surface area contributed by atoms with Gasteiger partial charge in [-0.05, 0) is 12.8 Å². The number of imidazole rings is 1. The average Bonchev–Trinajstić information content (AvgIpc) is 2.73. The molecule has 0 saturated heterocycles. The van der Waals surface area contributed by atoms with Gasteiger partial charge in [-0.25, -0.2) is 4.98 Å². The van der Waals surface area contributed by atoms with E-state index in [2.05, 4.69) is 15.3 Å². The van der Waals surface area contributed by atoms with Crippen LogP contribution in [0.1, 0.15) is 42.5 Å². The lowest BCUT2D eigenvalue weighted by Crippen LogP contribution is -2.13. The molecule has 16 heavy (non-hydrogen) atoms. The smallest absolute Gasteiger partial charge is 0.207 e. The molecule has 0 fully saturated rings. The van der Waals surface area contributed by atoms with Crippen LogP contribution in [0.25, 0.3) is 0 Å². The third-order valence-corrected chi connectivity index (χ3v) is 2.22. The number of nitrogens with zero attached hydrogens (tertiary/aromatic N) is 1. The maximum absolute atomic E-state index is 11.5. The highest BCUT2D eigenvalue weighted by Gasteiger charge is 2.07. The van der Waals surface area contributed by atoms with E-state index in [-0.39, 0.29) is 5.78 Å². The first-order chi connectivity index (χ1) is 7.77. The van der Waals surface area contributed by atoms with Crippen molar-refractivity contribution in [3.8, 4) is 0 Å². The Kier molecular flexibility index (Phi) is 5.25. The summed E-state index contributed by atoms with van der Waals surface area (Å²) in [7, 11) is 0. The van der Waals surface area contributed by atoms with Gasteiger partial charge in [0.2, 0.25) is 6.41 Å². The van der Waals surface area contributed by atoms with Crippen LogP contribution in [0, 0.1) is 0 Å². The lowest BCUT2D eigenvalue weighted by molar-refractivity contribution is -0.109. The first kappa shape index (κ1) is 12.4. The molecule has 1 amide bonds. The van der Waals surface area contributed by atoms with Crippen molar-refractivity contribution in [2.24, 2.45) is 0 Å². The van der Waals surface area contributed by atoms with Crippen LogP contribution in [0.4, 0.5) is 0 Å². The topological polar surface area (TPSA) is 74.8 Å². The van der Waals surface area contributed by atoms with Crippen LogP contribution in [0.15, 0.2) is 6.20 Å². The number of nitrogens with one attached hydrogen (secondary N) is 2. The highest BCUT2D eigenvalue weighted by Crippen LogP contribution is 2.04. The van der Waals surface area contributed by atoms with Gasteiger partial charge >= 0.3 is 0 Å². The molecule has 0 spiro atoms. The van der Waals surface area contributed by atoms with Crippen molar-refractivity contribution >= 4 is 12.2 Å². The minimum atomic E-state index is 0.104. The summed E-state index contributed by atoms with van der Waals surface area (Å²) in [5.74, 6) is 0.902. The van der Waals surface area contributed by atoms with Crippen molar-refractivity contribution in [3.63, 3.8) is 0 Å². The van der Waals surface area contributed by atoms with Crippen molar-refractivity contribution in [1.29, 1.82) is 0 Å². The highest BCUT2D eigenvalue weighted by molar-refractivity contribution is 5.93. The molecule has 0 radical (unpaired) electrons. The highest BCUT2D eigenvalue weighted by atomic mass is 16.1. The molecule has 1 aromatic heterocycles. The van der Waals surface area contributed by atoms with Crippen molar-refractivity contribution in [2.45, 2.75) is 32.6 Å². The lowest BCUT2D eigenvalue weighted by Gasteiger charge is -1.97. The Morgan fingerprint density at radius 2 is 2.44 bits per heavy atom. The normalized spacial score (nSPS) is 10.1. The number of aromatic nitrogens is 2. The molecule has 0 aliphatic rings. The Bertz CT molecular complexity index is 347. The number of ketones is 1. The van der Waals surface area contributed by atoms with Crippen LogP contribution in [0.2, 0.25) is 0 Å². The summed E-state index contributed by atoms with van der Waals surface area (Å²) in [6, 6.07) is 0. The zero-order chi connectivity index (χ0) is 11.8. The van der Waals surface area contributed by atoms with Crippen LogP contribution in [0.5, 0.6) is 0 Å². The second-order valence-electron chi connectivity index (χ2n) is 3.59. The van der Waals surface area contributed by atoms with Gasteiger partial charge in [-0.15, -0.1) is 0 Å². The van der Waals surface area contributed by atoms with Gasteiger partial charge in [0.15, 0.2) is 5.78 Å². The molecule has 0 atom stereocenters. The van der Waals surface area contributed by atoms with Crippen molar-refractivity contribution in [3.05, 3.63) is 17.7 Å². The Balaban J connectivity index is 2.39. The summed E-state index contributed by atoms with van der Waals surface area (Å²) in [4.78, 5) is 28.6. The monoisotopic (exact) mass is 223 g/mol. The Morgan fingerprint density at radius 3 is 3.12 bits per heavy atom. The van der Waals surface area contributed by atoms with E-state index in [0.29, 0.717) is 25.1 Å². The second-order valence-corrected chi connectivity index (χ2v) is 3.59. The fraction of sp³-hybridized carbons (Fsp3) is 0.545. The number of rotatable bonds is 8. The Labute approximate surface area is 94.7 Å². The number of aryl methyl sites for hydroxylation is 1. The molecule has 0 saturated carbocycles. The lowest BCUT2D eigenvalue weighted by atomic mass is 10.2. The number of hydrogen-bond donors (Lipinski definition) is 2. The molecular formula is C11H17N3O2. The molecule has 0 aliphatic heterocycles. The van der Waals surface area contributed by atoms with Crippen molar-refractivity contribution < 1.29 is 9.59 Å². The number of carbonyl (C=O) groups is 2. The van der Waals surface area contributed by atoms with Gasteiger partial charge in [0.1, 0.15) is 11.5 Å². The first-order valence-corrected chi connectivity index (χ1v) is 5.52. The van der Waals surface area contributed by atoms with E-state index < -0.39 is 0 Å². The summed E-state index contributed by atoms with van der Waals surface area (Å²) < 4.78 is 0.